The summed E-state index contributed by atoms with van der Waals surface area (Å²) in [5, 5.41) is 28.8. The molecular formula is C15H14F2N6O3. The molecule has 0 unspecified atom stereocenters. The highest BCUT2D eigenvalue weighted by Crippen LogP contribution is 2.00. The van der Waals surface area contributed by atoms with Crippen molar-refractivity contribution in [3.63, 3.8) is 0 Å². The molecule has 2 aromatic rings. The molecule has 0 aliphatic rings. The second kappa shape index (κ2) is 10.8. The molecule has 0 aliphatic carbocycles. The van der Waals surface area contributed by atoms with Gasteiger partial charge in [-0.05, 0) is 35.4 Å². The lowest BCUT2D eigenvalue weighted by molar-refractivity contribution is -0.742. The van der Waals surface area contributed by atoms with Crippen LogP contribution in [-0.2, 0) is 0 Å². The zero-order valence-corrected chi connectivity index (χ0v) is 13.1. The molecule has 0 heterocycles. The summed E-state index contributed by atoms with van der Waals surface area (Å²) in [7, 11) is 0. The summed E-state index contributed by atoms with van der Waals surface area (Å²) in [6, 6.07) is 11.5. The van der Waals surface area contributed by atoms with Gasteiger partial charge in [0.1, 0.15) is 11.6 Å². The van der Waals surface area contributed by atoms with E-state index in [0.29, 0.717) is 11.1 Å². The second-order valence-electron chi connectivity index (χ2n) is 4.46. The van der Waals surface area contributed by atoms with Gasteiger partial charge < -0.3 is 5.21 Å². The first-order valence-electron chi connectivity index (χ1n) is 6.88. The Labute approximate surface area is 146 Å². The van der Waals surface area contributed by atoms with Crippen LogP contribution in [0, 0.1) is 27.2 Å². The van der Waals surface area contributed by atoms with E-state index < -0.39 is 5.09 Å². The predicted molar refractivity (Wildman–Crippen MR) is 90.8 cm³/mol. The molecule has 0 radical (unpaired) electrons. The highest BCUT2D eigenvalue weighted by molar-refractivity contribution is 5.84. The molecule has 0 amide bonds. The summed E-state index contributed by atoms with van der Waals surface area (Å²) >= 11 is 0. The Bertz CT molecular complexity index is 715. The molecule has 2 rings (SSSR count). The van der Waals surface area contributed by atoms with Crippen molar-refractivity contribution in [2.24, 2.45) is 10.2 Å². The summed E-state index contributed by atoms with van der Waals surface area (Å²) in [6.07, 6.45) is 2.89. The molecule has 26 heavy (non-hydrogen) atoms. The molecule has 0 spiro atoms. The van der Waals surface area contributed by atoms with E-state index in [4.69, 9.17) is 20.7 Å². The molecule has 0 saturated heterocycles. The van der Waals surface area contributed by atoms with Gasteiger partial charge in [0.05, 0.1) is 12.4 Å². The lowest BCUT2D eigenvalue weighted by Crippen LogP contribution is -2.29. The van der Waals surface area contributed by atoms with Crippen LogP contribution >= 0.6 is 0 Å². The maximum absolute atomic E-state index is 12.7. The Morgan fingerprint density at radius 3 is 1.58 bits per heavy atom. The number of hydrogen-bond donors (Lipinski definition) is 4. The van der Waals surface area contributed by atoms with E-state index in [1.807, 2.05) is 0 Å². The SMILES string of the molecule is N=C(N/N=C/c1ccc(F)cc1)N/N=C/c1ccc(F)cc1.O=[N+]([O-])O. The minimum absolute atomic E-state index is 0.142. The summed E-state index contributed by atoms with van der Waals surface area (Å²) in [4.78, 5) is 8.36. The summed E-state index contributed by atoms with van der Waals surface area (Å²) in [6.45, 7) is 0. The van der Waals surface area contributed by atoms with Crippen molar-refractivity contribution in [2.75, 3.05) is 0 Å². The number of guanidine groups is 1. The van der Waals surface area contributed by atoms with Crippen LogP contribution in [0.4, 0.5) is 8.78 Å². The lowest BCUT2D eigenvalue weighted by Gasteiger charge is -2.00. The molecule has 9 nitrogen and oxygen atoms in total. The lowest BCUT2D eigenvalue weighted by atomic mass is 10.2. The van der Waals surface area contributed by atoms with E-state index in [-0.39, 0.29) is 17.6 Å². The fourth-order valence-corrected chi connectivity index (χ4v) is 1.47. The zero-order chi connectivity index (χ0) is 19.4. The molecule has 4 N–H and O–H groups in total. The van der Waals surface area contributed by atoms with Crippen LogP contribution < -0.4 is 10.9 Å². The molecule has 0 bridgehead atoms. The predicted octanol–water partition coefficient (Wildman–Crippen LogP) is 2.10. The first-order valence-corrected chi connectivity index (χ1v) is 6.88. The zero-order valence-electron chi connectivity index (χ0n) is 13.1. The minimum atomic E-state index is -1.50. The van der Waals surface area contributed by atoms with Crippen LogP contribution in [0.15, 0.2) is 58.7 Å². The molecule has 0 saturated carbocycles. The molecule has 136 valence electrons. The molecule has 2 aromatic carbocycles. The van der Waals surface area contributed by atoms with Crippen LogP contribution in [0.1, 0.15) is 11.1 Å². The topological polar surface area (TPSA) is 136 Å². The Kier molecular flexibility index (Phi) is 8.38. The largest absolute Gasteiger partial charge is 0.328 e. The third kappa shape index (κ3) is 9.29. The van der Waals surface area contributed by atoms with Crippen LogP contribution in [0.5, 0.6) is 0 Å². The van der Waals surface area contributed by atoms with E-state index in [1.165, 1.54) is 36.7 Å². The third-order valence-corrected chi connectivity index (χ3v) is 2.52. The normalized spacial score (nSPS) is 10.2. The number of rotatable bonds is 4. The monoisotopic (exact) mass is 364 g/mol. The number of nitrogens with one attached hydrogen (secondary N) is 3. The van der Waals surface area contributed by atoms with E-state index >= 15 is 0 Å². The van der Waals surface area contributed by atoms with Gasteiger partial charge in [0.25, 0.3) is 5.09 Å². The molecule has 0 aliphatic heterocycles. The molecular weight excluding hydrogens is 350 g/mol. The van der Waals surface area contributed by atoms with Crippen molar-refractivity contribution in [3.05, 3.63) is 81.4 Å². The summed E-state index contributed by atoms with van der Waals surface area (Å²) < 4.78 is 25.4. The average molecular weight is 364 g/mol. The van der Waals surface area contributed by atoms with Gasteiger partial charge in [-0.25, -0.2) is 19.6 Å². The Morgan fingerprint density at radius 1 is 0.962 bits per heavy atom. The summed E-state index contributed by atoms with van der Waals surface area (Å²) in [5.41, 5.74) is 6.21. The standard InChI is InChI=1S/C15H13F2N5.HNO3/c16-13-5-1-11(2-6-13)9-19-21-15(18)22-20-10-12-3-7-14(17)8-4-12;2-1(3)4/h1-10H,(H3,18,21,22);(H,2,3,4)/b19-9+,20-10+;. The highest BCUT2D eigenvalue weighted by Gasteiger charge is 1.92. The molecule has 0 aromatic heterocycles. The van der Waals surface area contributed by atoms with Crippen molar-refractivity contribution < 1.29 is 19.1 Å². The number of nitrogens with zero attached hydrogens (tertiary/aromatic N) is 3. The Balaban J connectivity index is 0.000000765. The van der Waals surface area contributed by atoms with Gasteiger partial charge in [0, 0.05) is 0 Å². The maximum Gasteiger partial charge on any atom is 0.291 e. The highest BCUT2D eigenvalue weighted by atomic mass is 19.1. The Morgan fingerprint density at radius 2 is 1.27 bits per heavy atom. The minimum Gasteiger partial charge on any atom is -0.328 e. The van der Waals surface area contributed by atoms with Crippen LogP contribution in [0.25, 0.3) is 0 Å². The summed E-state index contributed by atoms with van der Waals surface area (Å²) in [5.74, 6) is -0.791. The van der Waals surface area contributed by atoms with E-state index in [2.05, 4.69) is 21.1 Å². The second-order valence-corrected chi connectivity index (χ2v) is 4.46. The average Bonchev–Trinajstić information content (AvgIpc) is 2.58. The van der Waals surface area contributed by atoms with Crippen molar-refractivity contribution in [1.82, 2.24) is 10.9 Å². The first-order chi connectivity index (χ1) is 12.4. The van der Waals surface area contributed by atoms with Crippen molar-refractivity contribution in [3.8, 4) is 0 Å². The van der Waals surface area contributed by atoms with Crippen molar-refractivity contribution in [2.45, 2.75) is 0 Å². The van der Waals surface area contributed by atoms with Gasteiger partial charge in [-0.15, -0.1) is 10.1 Å². The van der Waals surface area contributed by atoms with E-state index in [1.54, 1.807) is 24.3 Å². The van der Waals surface area contributed by atoms with Crippen LogP contribution in [0.3, 0.4) is 0 Å². The van der Waals surface area contributed by atoms with Crippen LogP contribution in [0.2, 0.25) is 0 Å². The van der Waals surface area contributed by atoms with Gasteiger partial charge in [0.2, 0.25) is 5.96 Å². The van der Waals surface area contributed by atoms with Gasteiger partial charge in [-0.3, -0.25) is 5.41 Å². The van der Waals surface area contributed by atoms with Gasteiger partial charge >= 0.3 is 0 Å². The fourth-order valence-electron chi connectivity index (χ4n) is 1.47. The van der Waals surface area contributed by atoms with E-state index in [9.17, 15) is 8.78 Å². The number of halogens is 2. The quantitative estimate of drug-likeness (QED) is 0.285. The van der Waals surface area contributed by atoms with Gasteiger partial charge in [-0.2, -0.15) is 10.2 Å². The smallest absolute Gasteiger partial charge is 0.291 e. The molecule has 11 heteroatoms. The van der Waals surface area contributed by atoms with E-state index in [0.717, 1.165) is 0 Å². The molecule has 0 atom stereocenters. The Hall–Kier alpha value is -3.89. The van der Waals surface area contributed by atoms with Crippen molar-refractivity contribution in [1.29, 1.82) is 5.41 Å². The number of benzene rings is 2. The van der Waals surface area contributed by atoms with Gasteiger partial charge in [0.15, 0.2) is 0 Å². The van der Waals surface area contributed by atoms with Crippen molar-refractivity contribution >= 4 is 18.4 Å². The fraction of sp³-hybridized carbons (Fsp3) is 0. The number of hydrogen-bond acceptors (Lipinski definition) is 5. The number of hydrazone groups is 2. The van der Waals surface area contributed by atoms with Crippen LogP contribution in [-0.4, -0.2) is 28.7 Å². The maximum atomic E-state index is 12.7. The first kappa shape index (κ1) is 20.2. The third-order valence-electron chi connectivity index (χ3n) is 2.52. The van der Waals surface area contributed by atoms with Gasteiger partial charge in [-0.1, -0.05) is 24.3 Å². The molecule has 0 fully saturated rings.